The van der Waals surface area contributed by atoms with Crippen molar-refractivity contribution in [2.45, 2.75) is 6.92 Å². The molecule has 0 fully saturated rings. The van der Waals surface area contributed by atoms with Gasteiger partial charge in [-0.05, 0) is 18.6 Å². The van der Waals surface area contributed by atoms with E-state index in [-0.39, 0.29) is 17.1 Å². The average Bonchev–Trinajstić information content (AvgIpc) is 2.71. The van der Waals surface area contributed by atoms with Crippen molar-refractivity contribution < 1.29 is 18.7 Å². The zero-order chi connectivity index (χ0) is 11.7. The molecule has 16 heavy (non-hydrogen) atoms. The van der Waals surface area contributed by atoms with Crippen LogP contribution in [-0.4, -0.2) is 16.1 Å². The van der Waals surface area contributed by atoms with E-state index in [2.05, 4.69) is 4.98 Å². The number of carbonyl (C=O) groups is 1. The summed E-state index contributed by atoms with van der Waals surface area (Å²) in [6.07, 6.45) is 0.986. The lowest BCUT2D eigenvalue weighted by atomic mass is 10.1. The number of nitrogens with zero attached hydrogens (tertiary/aromatic N) is 1. The predicted octanol–water partition coefficient (Wildman–Crippen LogP) is 2.49. The summed E-state index contributed by atoms with van der Waals surface area (Å²) in [5.74, 6) is -1.69. The van der Waals surface area contributed by atoms with E-state index in [9.17, 15) is 9.18 Å². The second kappa shape index (κ2) is 3.77. The number of halogens is 1. The van der Waals surface area contributed by atoms with Crippen LogP contribution >= 0.6 is 0 Å². The fraction of sp³-hybridized carbons (Fsp3) is 0.0909. The van der Waals surface area contributed by atoms with Gasteiger partial charge < -0.3 is 9.52 Å². The van der Waals surface area contributed by atoms with E-state index in [0.29, 0.717) is 5.56 Å². The molecular formula is C11H8FNO3. The van der Waals surface area contributed by atoms with Crippen molar-refractivity contribution in [3.8, 4) is 11.5 Å². The number of aromatic nitrogens is 1. The summed E-state index contributed by atoms with van der Waals surface area (Å²) < 4.78 is 18.6. The molecule has 0 aliphatic carbocycles. The van der Waals surface area contributed by atoms with Crippen LogP contribution in [0.25, 0.3) is 11.5 Å². The maximum Gasteiger partial charge on any atom is 0.357 e. The van der Waals surface area contributed by atoms with Crippen molar-refractivity contribution in [2.75, 3.05) is 0 Å². The molecule has 1 aromatic heterocycles. The number of hydrogen-bond acceptors (Lipinski definition) is 3. The summed E-state index contributed by atoms with van der Waals surface area (Å²) in [6, 6.07) is 4.75. The van der Waals surface area contributed by atoms with Crippen molar-refractivity contribution in [2.24, 2.45) is 0 Å². The topological polar surface area (TPSA) is 63.3 Å². The van der Waals surface area contributed by atoms with Crippen LogP contribution in [0.15, 0.2) is 28.9 Å². The molecule has 82 valence electrons. The number of rotatable bonds is 2. The Morgan fingerprint density at radius 3 is 2.88 bits per heavy atom. The van der Waals surface area contributed by atoms with Crippen LogP contribution in [0.4, 0.5) is 4.39 Å². The summed E-state index contributed by atoms with van der Waals surface area (Å²) in [6.45, 7) is 1.61. The zero-order valence-corrected chi connectivity index (χ0v) is 8.40. The summed E-state index contributed by atoms with van der Waals surface area (Å²) in [7, 11) is 0. The van der Waals surface area contributed by atoms with Crippen molar-refractivity contribution >= 4 is 5.97 Å². The fourth-order valence-corrected chi connectivity index (χ4v) is 1.31. The second-order valence-corrected chi connectivity index (χ2v) is 3.28. The first-order valence-electron chi connectivity index (χ1n) is 4.54. The number of aromatic carboxylic acids is 1. The predicted molar refractivity (Wildman–Crippen MR) is 53.6 cm³/mol. The monoisotopic (exact) mass is 221 g/mol. The van der Waals surface area contributed by atoms with E-state index < -0.39 is 11.8 Å². The largest absolute Gasteiger partial charge is 0.476 e. The van der Waals surface area contributed by atoms with Crippen molar-refractivity contribution in [1.29, 1.82) is 0 Å². The Hall–Kier alpha value is -2.17. The Labute approximate surface area is 90.4 Å². The van der Waals surface area contributed by atoms with Crippen LogP contribution in [0, 0.1) is 12.7 Å². The highest BCUT2D eigenvalue weighted by molar-refractivity contribution is 5.85. The lowest BCUT2D eigenvalue weighted by Crippen LogP contribution is -1.96. The number of carboxylic acid groups (broad SMARTS) is 1. The first kappa shape index (κ1) is 10.4. The van der Waals surface area contributed by atoms with Gasteiger partial charge in [0.2, 0.25) is 5.89 Å². The second-order valence-electron chi connectivity index (χ2n) is 3.28. The minimum absolute atomic E-state index is 0.0291. The first-order valence-corrected chi connectivity index (χ1v) is 4.54. The number of benzene rings is 1. The molecule has 2 aromatic rings. The SMILES string of the molecule is Cc1cccc(-c2nc(C(=O)O)co2)c1F. The maximum absolute atomic E-state index is 13.7. The van der Waals surface area contributed by atoms with Crippen LogP contribution in [0.1, 0.15) is 16.1 Å². The average molecular weight is 221 g/mol. The molecule has 0 saturated heterocycles. The summed E-state index contributed by atoms with van der Waals surface area (Å²) >= 11 is 0. The van der Waals surface area contributed by atoms with Crippen molar-refractivity contribution in [3.63, 3.8) is 0 Å². The van der Waals surface area contributed by atoms with Gasteiger partial charge in [0.05, 0.1) is 5.56 Å². The Bertz CT molecular complexity index is 548. The third-order valence-electron chi connectivity index (χ3n) is 2.15. The van der Waals surface area contributed by atoms with Crippen molar-refractivity contribution in [1.82, 2.24) is 4.98 Å². The lowest BCUT2D eigenvalue weighted by Gasteiger charge is -2.00. The zero-order valence-electron chi connectivity index (χ0n) is 8.40. The highest BCUT2D eigenvalue weighted by Gasteiger charge is 2.15. The number of carboxylic acids is 1. The van der Waals surface area contributed by atoms with Crippen LogP contribution in [0.3, 0.4) is 0 Å². The fourth-order valence-electron chi connectivity index (χ4n) is 1.31. The quantitative estimate of drug-likeness (QED) is 0.846. The Morgan fingerprint density at radius 1 is 1.50 bits per heavy atom. The Balaban J connectivity index is 2.50. The molecule has 1 N–H and O–H groups in total. The van der Waals surface area contributed by atoms with Gasteiger partial charge in [0.25, 0.3) is 0 Å². The lowest BCUT2D eigenvalue weighted by molar-refractivity contribution is 0.0690. The highest BCUT2D eigenvalue weighted by Crippen LogP contribution is 2.23. The third-order valence-corrected chi connectivity index (χ3v) is 2.15. The van der Waals surface area contributed by atoms with E-state index in [1.807, 2.05) is 0 Å². The molecule has 0 radical (unpaired) electrons. The minimum Gasteiger partial charge on any atom is -0.476 e. The molecule has 0 amide bonds. The molecule has 0 aliphatic rings. The smallest absolute Gasteiger partial charge is 0.357 e. The van der Waals surface area contributed by atoms with E-state index >= 15 is 0 Å². The molecule has 0 bridgehead atoms. The van der Waals surface area contributed by atoms with Gasteiger partial charge >= 0.3 is 5.97 Å². The van der Waals surface area contributed by atoms with Crippen LogP contribution < -0.4 is 0 Å². The molecule has 0 aliphatic heterocycles. The third kappa shape index (κ3) is 1.67. The molecular weight excluding hydrogens is 213 g/mol. The summed E-state index contributed by atoms with van der Waals surface area (Å²) in [4.78, 5) is 14.3. The van der Waals surface area contributed by atoms with Gasteiger partial charge in [0.15, 0.2) is 5.69 Å². The van der Waals surface area contributed by atoms with Gasteiger partial charge in [-0.15, -0.1) is 0 Å². The van der Waals surface area contributed by atoms with E-state index in [0.717, 1.165) is 6.26 Å². The molecule has 5 heteroatoms. The first-order chi connectivity index (χ1) is 7.59. The molecule has 4 nitrogen and oxygen atoms in total. The Morgan fingerprint density at radius 2 is 2.25 bits per heavy atom. The van der Waals surface area contributed by atoms with Crippen LogP contribution in [0.2, 0.25) is 0 Å². The number of oxazole rings is 1. The number of hydrogen-bond donors (Lipinski definition) is 1. The standard InChI is InChI=1S/C11H8FNO3/c1-6-3-2-4-7(9(6)12)10-13-8(5-16-10)11(14)15/h2-5H,1H3,(H,14,15). The van der Waals surface area contributed by atoms with Gasteiger partial charge in [-0.3, -0.25) is 0 Å². The normalized spacial score (nSPS) is 10.4. The van der Waals surface area contributed by atoms with Gasteiger partial charge in [-0.25, -0.2) is 14.2 Å². The van der Waals surface area contributed by atoms with Crippen LogP contribution in [-0.2, 0) is 0 Å². The molecule has 0 spiro atoms. The van der Waals surface area contributed by atoms with E-state index in [1.54, 1.807) is 19.1 Å². The number of aryl methyl sites for hydroxylation is 1. The Kier molecular flexibility index (Phi) is 2.44. The summed E-state index contributed by atoms with van der Waals surface area (Å²) in [5.41, 5.74) is 0.371. The highest BCUT2D eigenvalue weighted by atomic mass is 19.1. The van der Waals surface area contributed by atoms with E-state index in [1.165, 1.54) is 6.07 Å². The molecule has 1 aromatic carbocycles. The van der Waals surface area contributed by atoms with Gasteiger partial charge in [-0.1, -0.05) is 12.1 Å². The molecule has 0 unspecified atom stereocenters. The van der Waals surface area contributed by atoms with Gasteiger partial charge in [0, 0.05) is 0 Å². The molecule has 0 saturated carbocycles. The summed E-state index contributed by atoms with van der Waals surface area (Å²) in [5, 5.41) is 8.65. The van der Waals surface area contributed by atoms with Gasteiger partial charge in [-0.2, -0.15) is 0 Å². The molecule has 1 heterocycles. The minimum atomic E-state index is -1.21. The molecule has 0 atom stereocenters. The molecule has 2 rings (SSSR count). The maximum atomic E-state index is 13.7. The van der Waals surface area contributed by atoms with Gasteiger partial charge in [0.1, 0.15) is 12.1 Å². The van der Waals surface area contributed by atoms with E-state index in [4.69, 9.17) is 9.52 Å². The van der Waals surface area contributed by atoms with Crippen LogP contribution in [0.5, 0.6) is 0 Å². The van der Waals surface area contributed by atoms with Crippen molar-refractivity contribution in [3.05, 3.63) is 41.5 Å².